The van der Waals surface area contributed by atoms with Crippen molar-refractivity contribution in [2.24, 2.45) is 0 Å². The van der Waals surface area contributed by atoms with E-state index < -0.39 is 0 Å². The van der Waals surface area contributed by atoms with Gasteiger partial charge in [0.15, 0.2) is 5.65 Å². The molecule has 0 spiro atoms. The molecule has 6 heteroatoms. The number of rotatable bonds is 4. The summed E-state index contributed by atoms with van der Waals surface area (Å²) in [5.74, 6) is 1.42. The van der Waals surface area contributed by atoms with Crippen LogP contribution in [0.1, 0.15) is 33.1 Å². The van der Waals surface area contributed by atoms with Crippen LogP contribution in [0.25, 0.3) is 73.9 Å². The van der Waals surface area contributed by atoms with Crippen LogP contribution in [-0.2, 0) is 0 Å². The number of fused-ring (bicyclic) bond motifs is 6. The first kappa shape index (κ1) is 24.6. The van der Waals surface area contributed by atoms with E-state index in [4.69, 9.17) is 15.0 Å². The van der Waals surface area contributed by atoms with Crippen LogP contribution < -0.4 is 10.6 Å². The molecule has 0 saturated carbocycles. The van der Waals surface area contributed by atoms with Crippen LogP contribution in [0, 0.1) is 0 Å². The Hall–Kier alpha value is -5.23. The molecule has 4 heterocycles. The van der Waals surface area contributed by atoms with Gasteiger partial charge in [-0.1, -0.05) is 91.9 Å². The van der Waals surface area contributed by atoms with Gasteiger partial charge in [0.05, 0.1) is 27.6 Å². The Labute approximate surface area is 242 Å². The second-order valence-corrected chi connectivity index (χ2v) is 10.6. The minimum atomic E-state index is 0.613. The highest BCUT2D eigenvalue weighted by atomic mass is 15.3. The summed E-state index contributed by atoms with van der Waals surface area (Å²) in [6, 6.07) is 27.0. The molecular weight excluding hydrogens is 516 g/mol. The third-order valence-electron chi connectivity index (χ3n) is 8.13. The SMILES string of the molecule is C/C=c1\c(=C/CC)c2c(n1C1=CCCC=C1)n1c3ccccc3nc1n2-c1nc(-c2ccccc2)c2ccccc2n1. The lowest BCUT2D eigenvalue weighted by Gasteiger charge is -2.11. The molecule has 0 amide bonds. The van der Waals surface area contributed by atoms with E-state index in [1.165, 1.54) is 10.9 Å². The Morgan fingerprint density at radius 1 is 0.810 bits per heavy atom. The van der Waals surface area contributed by atoms with E-state index in [-0.39, 0.29) is 0 Å². The van der Waals surface area contributed by atoms with E-state index in [0.717, 1.165) is 74.7 Å². The largest absolute Gasteiger partial charge is 0.294 e. The molecule has 204 valence electrons. The molecule has 0 unspecified atom stereocenters. The molecule has 42 heavy (non-hydrogen) atoms. The van der Waals surface area contributed by atoms with Crippen molar-refractivity contribution < 1.29 is 0 Å². The van der Waals surface area contributed by atoms with E-state index in [2.05, 4.69) is 112 Å². The van der Waals surface area contributed by atoms with Crippen LogP contribution >= 0.6 is 0 Å². The summed E-state index contributed by atoms with van der Waals surface area (Å²) in [6.45, 7) is 4.31. The Morgan fingerprint density at radius 2 is 1.60 bits per heavy atom. The molecule has 0 bridgehead atoms. The summed E-state index contributed by atoms with van der Waals surface area (Å²) in [4.78, 5) is 15.7. The lowest BCUT2D eigenvalue weighted by atomic mass is 10.1. The van der Waals surface area contributed by atoms with Crippen molar-refractivity contribution in [1.29, 1.82) is 0 Å². The summed E-state index contributed by atoms with van der Waals surface area (Å²) in [5, 5.41) is 3.36. The molecule has 0 fully saturated rings. The highest BCUT2D eigenvalue weighted by molar-refractivity contribution is 5.95. The first-order valence-electron chi connectivity index (χ1n) is 14.7. The van der Waals surface area contributed by atoms with Crippen LogP contribution in [0.4, 0.5) is 0 Å². The molecule has 1 aliphatic carbocycles. The smallest absolute Gasteiger partial charge is 0.238 e. The lowest BCUT2D eigenvalue weighted by molar-refractivity contribution is 0.970. The van der Waals surface area contributed by atoms with Gasteiger partial charge in [0.1, 0.15) is 5.52 Å². The van der Waals surface area contributed by atoms with Crippen molar-refractivity contribution in [3.05, 3.63) is 108 Å². The van der Waals surface area contributed by atoms with E-state index in [1.807, 2.05) is 24.3 Å². The van der Waals surface area contributed by atoms with Gasteiger partial charge in [-0.05, 0) is 50.5 Å². The van der Waals surface area contributed by atoms with E-state index in [1.54, 1.807) is 0 Å². The topological polar surface area (TPSA) is 52.9 Å². The average Bonchev–Trinajstić information content (AvgIpc) is 3.67. The van der Waals surface area contributed by atoms with Crippen molar-refractivity contribution in [1.82, 2.24) is 28.5 Å². The molecule has 0 atom stereocenters. The second-order valence-electron chi connectivity index (χ2n) is 10.6. The van der Waals surface area contributed by atoms with E-state index >= 15 is 0 Å². The van der Waals surface area contributed by atoms with Crippen molar-refractivity contribution >= 4 is 56.7 Å². The van der Waals surface area contributed by atoms with Gasteiger partial charge < -0.3 is 0 Å². The zero-order valence-corrected chi connectivity index (χ0v) is 23.7. The normalized spacial score (nSPS) is 14.7. The Bertz CT molecular complexity index is 2350. The first-order valence-corrected chi connectivity index (χ1v) is 14.7. The number of benzene rings is 3. The van der Waals surface area contributed by atoms with Gasteiger partial charge in [0.25, 0.3) is 0 Å². The molecule has 0 aliphatic heterocycles. The molecule has 1 aliphatic rings. The maximum Gasteiger partial charge on any atom is 0.238 e. The van der Waals surface area contributed by atoms with Gasteiger partial charge in [-0.2, -0.15) is 0 Å². The summed E-state index contributed by atoms with van der Waals surface area (Å²) in [5.41, 5.74) is 8.18. The van der Waals surface area contributed by atoms with Crippen LogP contribution in [0.2, 0.25) is 0 Å². The molecule has 4 aromatic heterocycles. The van der Waals surface area contributed by atoms with Crippen LogP contribution in [0.3, 0.4) is 0 Å². The molecule has 0 radical (unpaired) electrons. The third-order valence-corrected chi connectivity index (χ3v) is 8.13. The molecule has 6 nitrogen and oxygen atoms in total. The number of nitrogens with zero attached hydrogens (tertiary/aromatic N) is 6. The van der Waals surface area contributed by atoms with Gasteiger partial charge in [-0.15, -0.1) is 0 Å². The molecule has 3 aromatic carbocycles. The fourth-order valence-corrected chi connectivity index (χ4v) is 6.37. The van der Waals surface area contributed by atoms with Gasteiger partial charge in [-0.3, -0.25) is 8.97 Å². The van der Waals surface area contributed by atoms with Crippen molar-refractivity contribution in [3.8, 4) is 17.2 Å². The molecule has 7 aromatic rings. The summed E-state index contributed by atoms with van der Waals surface area (Å²) in [6.07, 6.45) is 14.4. The predicted molar refractivity (Wildman–Crippen MR) is 173 cm³/mol. The fourth-order valence-electron chi connectivity index (χ4n) is 6.37. The monoisotopic (exact) mass is 546 g/mol. The summed E-state index contributed by atoms with van der Waals surface area (Å²) in [7, 11) is 0. The van der Waals surface area contributed by atoms with Gasteiger partial charge in [0.2, 0.25) is 11.7 Å². The zero-order valence-electron chi connectivity index (χ0n) is 23.7. The van der Waals surface area contributed by atoms with Gasteiger partial charge in [0, 0.05) is 21.9 Å². The van der Waals surface area contributed by atoms with Crippen LogP contribution in [0.5, 0.6) is 0 Å². The number of hydrogen-bond acceptors (Lipinski definition) is 3. The van der Waals surface area contributed by atoms with E-state index in [0.29, 0.717) is 5.95 Å². The number of hydrogen-bond donors (Lipinski definition) is 0. The highest BCUT2D eigenvalue weighted by Gasteiger charge is 2.26. The summed E-state index contributed by atoms with van der Waals surface area (Å²) >= 11 is 0. The predicted octanol–water partition coefficient (Wildman–Crippen LogP) is 7.02. The Kier molecular flexibility index (Phi) is 5.67. The second kappa shape index (κ2) is 9.70. The molecule has 8 rings (SSSR count). The standard InChI is InChI=1S/C36H30N6/c1-3-15-27-30(4-2)40(25-18-9-6-10-19-25)34-33(27)42(36-38-29-22-13-14-23-31(29)41(34)36)35-37-28-21-12-11-20-26(28)32(39-35)24-16-7-5-8-17-24/h4-5,7-9,11-23H,3,6,10H2,1-2H3/b27-15+,30-4+. The lowest BCUT2D eigenvalue weighted by Crippen LogP contribution is -2.30. The quantitative estimate of drug-likeness (QED) is 0.238. The zero-order chi connectivity index (χ0) is 28.2. The molecule has 0 N–H and O–H groups in total. The van der Waals surface area contributed by atoms with Crippen molar-refractivity contribution in [2.45, 2.75) is 33.1 Å². The number of aromatic nitrogens is 6. The summed E-state index contributed by atoms with van der Waals surface area (Å²) < 4.78 is 6.85. The maximum absolute atomic E-state index is 5.30. The third kappa shape index (κ3) is 3.54. The number of para-hydroxylation sites is 3. The van der Waals surface area contributed by atoms with Gasteiger partial charge in [-0.25, -0.2) is 19.5 Å². The average molecular weight is 547 g/mol. The van der Waals surface area contributed by atoms with E-state index in [9.17, 15) is 0 Å². The Balaban J connectivity index is 1.61. The highest BCUT2D eigenvalue weighted by Crippen LogP contribution is 2.32. The number of imidazole rings is 2. The maximum atomic E-state index is 5.30. The molecule has 0 saturated heterocycles. The van der Waals surface area contributed by atoms with Crippen molar-refractivity contribution in [2.75, 3.05) is 0 Å². The Morgan fingerprint density at radius 3 is 2.38 bits per heavy atom. The molecular formula is C36H30N6. The van der Waals surface area contributed by atoms with Crippen LogP contribution in [0.15, 0.2) is 97.1 Å². The fraction of sp³-hybridized carbons (Fsp3) is 0.139. The minimum Gasteiger partial charge on any atom is -0.294 e. The number of allylic oxidation sites excluding steroid dienone is 4. The van der Waals surface area contributed by atoms with Crippen molar-refractivity contribution in [3.63, 3.8) is 0 Å². The minimum absolute atomic E-state index is 0.613. The van der Waals surface area contributed by atoms with Crippen LogP contribution in [-0.4, -0.2) is 28.5 Å². The van der Waals surface area contributed by atoms with Gasteiger partial charge >= 0.3 is 0 Å². The first-order chi connectivity index (χ1) is 20.8.